The number of hydrogen-bond acceptors (Lipinski definition) is 6. The minimum atomic E-state index is -1.31. The van der Waals surface area contributed by atoms with Crippen LogP contribution in [0.25, 0.3) is 11.0 Å². The fourth-order valence-electron chi connectivity index (χ4n) is 3.60. The van der Waals surface area contributed by atoms with Crippen LogP contribution < -0.4 is 5.69 Å². The molecule has 2 amide bonds. The number of aryl methyl sites for hydroxylation is 1. The first kappa shape index (κ1) is 21.9. The molecule has 2 heterocycles. The number of benzene rings is 1. The lowest BCUT2D eigenvalue weighted by Gasteiger charge is -2.31. The first-order chi connectivity index (χ1) is 14.0. The van der Waals surface area contributed by atoms with Gasteiger partial charge in [-0.1, -0.05) is 25.7 Å². The average Bonchev–Trinajstić information content (AvgIpc) is 2.91. The van der Waals surface area contributed by atoms with E-state index in [0.29, 0.717) is 12.1 Å². The van der Waals surface area contributed by atoms with Gasteiger partial charge in [-0.2, -0.15) is 0 Å². The Morgan fingerprint density at radius 1 is 1.23 bits per heavy atom. The van der Waals surface area contributed by atoms with E-state index in [0.717, 1.165) is 10.9 Å². The number of non-ortho nitro benzene ring substituents is 1. The van der Waals surface area contributed by atoms with Crippen molar-refractivity contribution in [2.45, 2.75) is 44.6 Å². The molecule has 10 nitrogen and oxygen atoms in total. The van der Waals surface area contributed by atoms with Crippen LogP contribution in [0.15, 0.2) is 23.0 Å². The molecule has 3 rings (SSSR count). The van der Waals surface area contributed by atoms with Crippen LogP contribution >= 0.6 is 0 Å². The lowest BCUT2D eigenvalue weighted by atomic mass is 10.0. The van der Waals surface area contributed by atoms with Gasteiger partial charge < -0.3 is 4.74 Å². The summed E-state index contributed by atoms with van der Waals surface area (Å²) in [6, 6.07) is 4.35. The van der Waals surface area contributed by atoms with Crippen LogP contribution in [0, 0.1) is 10.1 Å². The van der Waals surface area contributed by atoms with Crippen LogP contribution in [0.4, 0.5) is 5.69 Å². The molecule has 0 bridgehead atoms. The highest BCUT2D eigenvalue weighted by molar-refractivity contribution is 6.76. The Morgan fingerprint density at radius 2 is 1.93 bits per heavy atom. The van der Waals surface area contributed by atoms with Gasteiger partial charge in [0.2, 0.25) is 5.91 Å². The standard InChI is InChI=1S/C19H26N4O6Si/c1-20-17-13(6-5-7-14(17)23(27)28)22(19(20)26)15-8-9-16(24)21(18(15)25)12-29-10-11-30(2,3)4/h5-7,15H,8-12H2,1-4H3. The first-order valence-electron chi connectivity index (χ1n) is 9.79. The maximum Gasteiger partial charge on any atom is 0.329 e. The number of carbonyl (C=O) groups excluding carboxylic acids is 2. The number of nitrogens with zero attached hydrogens (tertiary/aromatic N) is 4. The molecule has 1 aliphatic rings. The van der Waals surface area contributed by atoms with Gasteiger partial charge in [0, 0.05) is 34.2 Å². The summed E-state index contributed by atoms with van der Waals surface area (Å²) >= 11 is 0. The van der Waals surface area contributed by atoms with Gasteiger partial charge in [-0.25, -0.2) is 4.79 Å². The maximum atomic E-state index is 13.1. The number of ether oxygens (including phenoxy) is 1. The molecule has 1 aromatic carbocycles. The minimum Gasteiger partial charge on any atom is -0.361 e. The molecule has 162 valence electrons. The third-order valence-electron chi connectivity index (χ3n) is 5.29. The second-order valence-corrected chi connectivity index (χ2v) is 14.3. The number of fused-ring (bicyclic) bond motifs is 1. The SMILES string of the molecule is Cn1c(=O)n(C2CCC(=O)N(COCC[Si](C)(C)C)C2=O)c2cccc([N+](=O)[O-])c21. The zero-order chi connectivity index (χ0) is 22.2. The number of nitro benzene ring substituents is 1. The van der Waals surface area contributed by atoms with Crippen molar-refractivity contribution in [3.05, 3.63) is 38.8 Å². The van der Waals surface area contributed by atoms with Gasteiger partial charge in [0.25, 0.3) is 11.6 Å². The molecule has 1 fully saturated rings. The Kier molecular flexibility index (Phi) is 5.95. The summed E-state index contributed by atoms with van der Waals surface area (Å²) in [7, 11) is 0.124. The van der Waals surface area contributed by atoms with Gasteiger partial charge in [0.15, 0.2) is 0 Å². The molecule has 30 heavy (non-hydrogen) atoms. The van der Waals surface area contributed by atoms with E-state index in [1.807, 2.05) is 0 Å². The number of carbonyl (C=O) groups is 2. The predicted octanol–water partition coefficient (Wildman–Crippen LogP) is 2.25. The molecule has 1 atom stereocenters. The van der Waals surface area contributed by atoms with Crippen molar-refractivity contribution in [1.29, 1.82) is 0 Å². The minimum absolute atomic E-state index is 0.0888. The monoisotopic (exact) mass is 434 g/mol. The third kappa shape index (κ3) is 4.07. The smallest absolute Gasteiger partial charge is 0.329 e. The van der Waals surface area contributed by atoms with Crippen LogP contribution in [-0.4, -0.2) is 52.2 Å². The van der Waals surface area contributed by atoms with Gasteiger partial charge in [-0.15, -0.1) is 0 Å². The van der Waals surface area contributed by atoms with E-state index < -0.39 is 30.6 Å². The van der Waals surface area contributed by atoms with E-state index in [1.165, 1.54) is 28.3 Å². The third-order valence-corrected chi connectivity index (χ3v) is 6.99. The number of imide groups is 1. The first-order valence-corrected chi connectivity index (χ1v) is 13.5. The Bertz CT molecular complexity index is 1070. The van der Waals surface area contributed by atoms with E-state index >= 15 is 0 Å². The highest BCUT2D eigenvalue weighted by Crippen LogP contribution is 2.30. The predicted molar refractivity (Wildman–Crippen MR) is 113 cm³/mol. The van der Waals surface area contributed by atoms with E-state index in [1.54, 1.807) is 6.07 Å². The molecular formula is C19H26N4O6Si. The number of nitro groups is 1. The molecule has 1 saturated heterocycles. The summed E-state index contributed by atoms with van der Waals surface area (Å²) in [4.78, 5) is 50.2. The highest BCUT2D eigenvalue weighted by Gasteiger charge is 2.38. The van der Waals surface area contributed by atoms with Gasteiger partial charge >= 0.3 is 5.69 Å². The normalized spacial score (nSPS) is 17.7. The molecule has 11 heteroatoms. The second-order valence-electron chi connectivity index (χ2n) is 8.68. The molecule has 1 aliphatic heterocycles. The fourth-order valence-corrected chi connectivity index (χ4v) is 4.35. The van der Waals surface area contributed by atoms with E-state index in [4.69, 9.17) is 4.74 Å². The lowest BCUT2D eigenvalue weighted by molar-refractivity contribution is -0.383. The van der Waals surface area contributed by atoms with E-state index in [9.17, 15) is 24.5 Å². The summed E-state index contributed by atoms with van der Waals surface area (Å²) in [6.07, 6.45) is 0.246. The van der Waals surface area contributed by atoms with Crippen molar-refractivity contribution in [2.24, 2.45) is 7.05 Å². The van der Waals surface area contributed by atoms with Gasteiger partial charge in [-0.3, -0.25) is 33.7 Å². The molecule has 0 N–H and O–H groups in total. The van der Waals surface area contributed by atoms with Gasteiger partial charge in [0.05, 0.1) is 10.4 Å². The van der Waals surface area contributed by atoms with Crippen molar-refractivity contribution in [1.82, 2.24) is 14.0 Å². The number of rotatable bonds is 7. The van der Waals surface area contributed by atoms with Crippen molar-refractivity contribution < 1.29 is 19.2 Å². The molecule has 0 aliphatic carbocycles. The van der Waals surface area contributed by atoms with Crippen molar-refractivity contribution in [3.8, 4) is 0 Å². The molecular weight excluding hydrogens is 408 g/mol. The van der Waals surface area contributed by atoms with Gasteiger partial charge in [-0.05, 0) is 18.5 Å². The number of amides is 2. The average molecular weight is 435 g/mol. The van der Waals surface area contributed by atoms with E-state index in [-0.39, 0.29) is 36.7 Å². The summed E-state index contributed by atoms with van der Waals surface area (Å²) < 4.78 is 8.01. The molecule has 2 aromatic rings. The quantitative estimate of drug-likeness (QED) is 0.217. The maximum absolute atomic E-state index is 13.1. The highest BCUT2D eigenvalue weighted by atomic mass is 28.3. The number of hydrogen-bond donors (Lipinski definition) is 0. The summed E-state index contributed by atoms with van der Waals surface area (Å²) in [6.45, 7) is 6.91. The Balaban J connectivity index is 1.92. The number of imidazole rings is 1. The molecule has 0 spiro atoms. The van der Waals surface area contributed by atoms with Crippen LogP contribution in [-0.2, 0) is 21.4 Å². The van der Waals surface area contributed by atoms with Crippen LogP contribution in [0.2, 0.25) is 25.7 Å². The topological polar surface area (TPSA) is 117 Å². The van der Waals surface area contributed by atoms with Crippen molar-refractivity contribution in [2.75, 3.05) is 13.3 Å². The number of likely N-dealkylation sites (tertiary alicyclic amines) is 1. The Hall–Kier alpha value is -2.79. The van der Waals surface area contributed by atoms with Crippen LogP contribution in [0.5, 0.6) is 0 Å². The van der Waals surface area contributed by atoms with Crippen LogP contribution in [0.3, 0.4) is 0 Å². The number of aromatic nitrogens is 2. The Morgan fingerprint density at radius 3 is 2.57 bits per heavy atom. The zero-order valence-electron chi connectivity index (χ0n) is 17.6. The molecule has 0 radical (unpaired) electrons. The Labute approximate surface area is 174 Å². The lowest BCUT2D eigenvalue weighted by Crippen LogP contribution is -2.48. The number of para-hydroxylation sites is 1. The summed E-state index contributed by atoms with van der Waals surface area (Å²) in [5, 5.41) is 11.4. The van der Waals surface area contributed by atoms with Gasteiger partial charge in [0.1, 0.15) is 18.3 Å². The van der Waals surface area contributed by atoms with Crippen LogP contribution in [0.1, 0.15) is 18.9 Å². The fraction of sp³-hybridized carbons (Fsp3) is 0.526. The van der Waals surface area contributed by atoms with E-state index in [2.05, 4.69) is 19.6 Å². The summed E-state index contributed by atoms with van der Waals surface area (Å²) in [5.74, 6) is -0.871. The number of piperidine rings is 1. The van der Waals surface area contributed by atoms with Crippen molar-refractivity contribution in [3.63, 3.8) is 0 Å². The second kappa shape index (κ2) is 8.15. The molecule has 1 unspecified atom stereocenters. The zero-order valence-corrected chi connectivity index (χ0v) is 18.6. The largest absolute Gasteiger partial charge is 0.361 e. The molecule has 0 saturated carbocycles. The van der Waals surface area contributed by atoms with Crippen molar-refractivity contribution >= 4 is 36.6 Å². The summed E-state index contributed by atoms with van der Waals surface area (Å²) in [5.41, 5.74) is -0.303. The molecule has 1 aromatic heterocycles.